The smallest absolute Gasteiger partial charge is 0.354 e. The summed E-state index contributed by atoms with van der Waals surface area (Å²) in [6.07, 6.45) is 0. The van der Waals surface area contributed by atoms with Crippen molar-refractivity contribution in [1.82, 2.24) is 10.3 Å². The van der Waals surface area contributed by atoms with Crippen LogP contribution < -0.4 is 5.32 Å². The van der Waals surface area contributed by atoms with Gasteiger partial charge in [0.2, 0.25) is 0 Å². The largest absolute Gasteiger partial charge is 0.461 e. The number of benzene rings is 1. The number of rotatable bonds is 6. The summed E-state index contributed by atoms with van der Waals surface area (Å²) in [5.41, 5.74) is 1.70. The van der Waals surface area contributed by atoms with Gasteiger partial charge in [0.05, 0.1) is 13.2 Å². The molecule has 1 aromatic carbocycles. The minimum atomic E-state index is -0.403. The Hall–Kier alpha value is -2.34. The number of nitrogens with one attached hydrogen (secondary N) is 2. The van der Waals surface area contributed by atoms with E-state index in [1.165, 1.54) is 0 Å². The Labute approximate surface area is 122 Å². The van der Waals surface area contributed by atoms with Crippen molar-refractivity contribution in [3.05, 3.63) is 35.5 Å². The second kappa shape index (κ2) is 6.90. The topological polar surface area (TPSA) is 80.4 Å². The highest BCUT2D eigenvalue weighted by Crippen LogP contribution is 2.18. The molecule has 1 amide bonds. The average Bonchev–Trinajstić information content (AvgIpc) is 2.90. The molecule has 0 fully saturated rings. The van der Waals surface area contributed by atoms with Gasteiger partial charge in [-0.3, -0.25) is 4.79 Å². The highest BCUT2D eigenvalue weighted by atomic mass is 16.5. The molecule has 1 heterocycles. The molecule has 0 spiro atoms. The number of amides is 1. The molecule has 1 aromatic heterocycles. The van der Waals surface area contributed by atoms with Crippen LogP contribution in [0.4, 0.5) is 0 Å². The number of hydrogen-bond donors (Lipinski definition) is 2. The van der Waals surface area contributed by atoms with Gasteiger partial charge < -0.3 is 19.8 Å². The third kappa shape index (κ3) is 3.61. The van der Waals surface area contributed by atoms with Crippen LogP contribution in [0.15, 0.2) is 24.3 Å². The fourth-order valence-corrected chi connectivity index (χ4v) is 1.96. The van der Waals surface area contributed by atoms with Crippen LogP contribution in [0.3, 0.4) is 0 Å². The van der Waals surface area contributed by atoms with Gasteiger partial charge in [0.25, 0.3) is 5.91 Å². The number of aromatic nitrogens is 1. The third-order valence-electron chi connectivity index (χ3n) is 2.97. The number of hydrogen-bond acceptors (Lipinski definition) is 4. The first-order chi connectivity index (χ1) is 10.2. The molecule has 0 aliphatic rings. The average molecular weight is 290 g/mol. The Bertz CT molecular complexity index is 648. The summed E-state index contributed by atoms with van der Waals surface area (Å²) in [5.74, 6) is -0.576. The first kappa shape index (κ1) is 15.1. The van der Waals surface area contributed by atoms with Gasteiger partial charge in [-0.05, 0) is 31.2 Å². The molecule has 0 aliphatic carbocycles. The van der Waals surface area contributed by atoms with E-state index in [2.05, 4.69) is 10.3 Å². The first-order valence-corrected chi connectivity index (χ1v) is 6.72. The fourth-order valence-electron chi connectivity index (χ4n) is 1.96. The van der Waals surface area contributed by atoms with Crippen molar-refractivity contribution in [3.63, 3.8) is 0 Å². The van der Waals surface area contributed by atoms with Crippen molar-refractivity contribution in [3.8, 4) is 0 Å². The molecule has 6 nitrogen and oxygen atoms in total. The number of H-pyrrole nitrogens is 1. The van der Waals surface area contributed by atoms with E-state index in [1.807, 2.05) is 0 Å². The maximum absolute atomic E-state index is 11.9. The normalized spacial score (nSPS) is 10.6. The third-order valence-corrected chi connectivity index (χ3v) is 2.97. The number of fused-ring (bicyclic) bond motifs is 1. The molecular weight excluding hydrogens is 272 g/mol. The van der Waals surface area contributed by atoms with Crippen LogP contribution in [0.2, 0.25) is 0 Å². The Morgan fingerprint density at radius 2 is 2.10 bits per heavy atom. The van der Waals surface area contributed by atoms with Gasteiger partial charge in [-0.2, -0.15) is 0 Å². The predicted octanol–water partition coefficient (Wildman–Crippen LogP) is 1.72. The van der Waals surface area contributed by atoms with Gasteiger partial charge in [0.15, 0.2) is 0 Å². The molecular formula is C15H18N2O4. The summed E-state index contributed by atoms with van der Waals surface area (Å²) in [7, 11) is 1.58. The Morgan fingerprint density at radius 1 is 1.29 bits per heavy atom. The van der Waals surface area contributed by atoms with Crippen LogP contribution in [0, 0.1) is 0 Å². The van der Waals surface area contributed by atoms with Gasteiger partial charge in [0, 0.05) is 30.1 Å². The molecule has 0 radical (unpaired) electrons. The zero-order valence-corrected chi connectivity index (χ0v) is 12.1. The standard InChI is InChI=1S/C15H18N2O4/c1-3-21-15(19)13-9-11-8-10(4-5-12(11)17-13)14(18)16-6-7-20-2/h4-5,8-9,17H,3,6-7H2,1-2H3,(H,16,18). The van der Waals surface area contributed by atoms with Gasteiger partial charge >= 0.3 is 5.97 Å². The molecule has 0 saturated heterocycles. The number of ether oxygens (including phenoxy) is 2. The van der Waals surface area contributed by atoms with Gasteiger partial charge in [0.1, 0.15) is 5.69 Å². The summed E-state index contributed by atoms with van der Waals surface area (Å²) in [6.45, 7) is 2.99. The minimum Gasteiger partial charge on any atom is -0.461 e. The van der Waals surface area contributed by atoms with Crippen LogP contribution >= 0.6 is 0 Å². The molecule has 0 saturated carbocycles. The Balaban J connectivity index is 2.17. The summed E-state index contributed by atoms with van der Waals surface area (Å²) in [5, 5.41) is 3.54. The van der Waals surface area contributed by atoms with E-state index >= 15 is 0 Å². The lowest BCUT2D eigenvalue weighted by Crippen LogP contribution is -2.26. The molecule has 0 aliphatic heterocycles. The molecule has 0 bridgehead atoms. The van der Waals surface area contributed by atoms with Crippen LogP contribution in [0.25, 0.3) is 10.9 Å². The van der Waals surface area contributed by atoms with E-state index < -0.39 is 5.97 Å². The summed E-state index contributed by atoms with van der Waals surface area (Å²) in [6, 6.07) is 6.88. The number of esters is 1. The molecule has 21 heavy (non-hydrogen) atoms. The molecule has 6 heteroatoms. The van der Waals surface area contributed by atoms with Crippen molar-refractivity contribution in [2.45, 2.75) is 6.92 Å². The second-order valence-electron chi connectivity index (χ2n) is 4.45. The molecule has 0 unspecified atom stereocenters. The first-order valence-electron chi connectivity index (χ1n) is 6.72. The van der Waals surface area contributed by atoms with Gasteiger partial charge in [-0.1, -0.05) is 0 Å². The summed E-state index contributed by atoms with van der Waals surface area (Å²) < 4.78 is 9.82. The maximum Gasteiger partial charge on any atom is 0.354 e. The summed E-state index contributed by atoms with van der Waals surface area (Å²) >= 11 is 0. The zero-order valence-electron chi connectivity index (χ0n) is 12.1. The molecule has 2 N–H and O–H groups in total. The van der Waals surface area contributed by atoms with E-state index in [-0.39, 0.29) is 5.91 Å². The highest BCUT2D eigenvalue weighted by Gasteiger charge is 2.12. The SMILES string of the molecule is CCOC(=O)c1cc2cc(C(=O)NCCOC)ccc2[nH]1. The lowest BCUT2D eigenvalue weighted by atomic mass is 10.1. The Kier molecular flexibility index (Phi) is 4.94. The number of aromatic amines is 1. The lowest BCUT2D eigenvalue weighted by molar-refractivity contribution is 0.0520. The maximum atomic E-state index is 11.9. The lowest BCUT2D eigenvalue weighted by Gasteiger charge is -2.04. The van der Waals surface area contributed by atoms with Gasteiger partial charge in [-0.25, -0.2) is 4.79 Å². The monoisotopic (exact) mass is 290 g/mol. The number of carbonyl (C=O) groups excluding carboxylic acids is 2. The van der Waals surface area contributed by atoms with Crippen molar-refractivity contribution in [1.29, 1.82) is 0 Å². The summed E-state index contributed by atoms with van der Waals surface area (Å²) in [4.78, 5) is 26.6. The van der Waals surface area contributed by atoms with E-state index in [9.17, 15) is 9.59 Å². The van der Waals surface area contributed by atoms with E-state index in [0.717, 1.165) is 10.9 Å². The molecule has 0 atom stereocenters. The quantitative estimate of drug-likeness (QED) is 0.627. The van der Waals surface area contributed by atoms with Crippen LogP contribution in [-0.4, -0.2) is 43.7 Å². The van der Waals surface area contributed by atoms with E-state index in [4.69, 9.17) is 9.47 Å². The number of methoxy groups -OCH3 is 1. The minimum absolute atomic E-state index is 0.173. The van der Waals surface area contributed by atoms with Crippen LogP contribution in [0.5, 0.6) is 0 Å². The molecule has 2 aromatic rings. The van der Waals surface area contributed by atoms with Crippen LogP contribution in [0.1, 0.15) is 27.8 Å². The fraction of sp³-hybridized carbons (Fsp3) is 0.333. The van der Waals surface area contributed by atoms with E-state index in [0.29, 0.717) is 31.0 Å². The van der Waals surface area contributed by atoms with Gasteiger partial charge in [-0.15, -0.1) is 0 Å². The number of carbonyl (C=O) groups is 2. The molecule has 2 rings (SSSR count). The highest BCUT2D eigenvalue weighted by molar-refractivity contribution is 6.00. The predicted molar refractivity (Wildman–Crippen MR) is 78.5 cm³/mol. The van der Waals surface area contributed by atoms with Crippen LogP contribution in [-0.2, 0) is 9.47 Å². The van der Waals surface area contributed by atoms with Crippen molar-refractivity contribution in [2.75, 3.05) is 26.9 Å². The van der Waals surface area contributed by atoms with Crippen molar-refractivity contribution < 1.29 is 19.1 Å². The zero-order chi connectivity index (χ0) is 15.2. The molecule has 112 valence electrons. The Morgan fingerprint density at radius 3 is 2.81 bits per heavy atom. The van der Waals surface area contributed by atoms with Crippen molar-refractivity contribution in [2.24, 2.45) is 0 Å². The van der Waals surface area contributed by atoms with E-state index in [1.54, 1.807) is 38.3 Å². The van der Waals surface area contributed by atoms with Crippen molar-refractivity contribution >= 4 is 22.8 Å². The second-order valence-corrected chi connectivity index (χ2v) is 4.45.